The maximum absolute atomic E-state index is 9.65. The molecule has 2 heteroatoms. The fourth-order valence-corrected chi connectivity index (χ4v) is 0.855. The van der Waals surface area contributed by atoms with Crippen molar-refractivity contribution in [2.75, 3.05) is 6.61 Å². The molecule has 1 rings (SSSR count). The van der Waals surface area contributed by atoms with Crippen LogP contribution in [-0.2, 0) is 16.0 Å². The Morgan fingerprint density at radius 2 is 2.00 bits per heavy atom. The minimum Gasteiger partial charge on any atom is -0.457 e. The van der Waals surface area contributed by atoms with E-state index < -0.39 is 0 Å². The van der Waals surface area contributed by atoms with Crippen molar-refractivity contribution in [3.8, 4) is 0 Å². The summed E-state index contributed by atoms with van der Waals surface area (Å²) >= 11 is 0. The predicted octanol–water partition coefficient (Wildman–Crippen LogP) is 1.31. The highest BCUT2D eigenvalue weighted by atomic mass is 16.5. The van der Waals surface area contributed by atoms with Crippen molar-refractivity contribution in [3.05, 3.63) is 35.9 Å². The molecule has 1 aromatic rings. The Bertz CT molecular complexity index is 206. The molecule has 0 atom stereocenters. The summed E-state index contributed by atoms with van der Waals surface area (Å²) in [5.74, 6) is 0. The molecule has 0 saturated carbocycles. The van der Waals surface area contributed by atoms with Gasteiger partial charge in [0, 0.05) is 6.42 Å². The third kappa shape index (κ3) is 2.85. The first-order valence-corrected chi connectivity index (χ1v) is 3.46. The molecule has 0 aliphatic carbocycles. The molecule has 0 amide bonds. The topological polar surface area (TPSA) is 26.3 Å². The van der Waals surface area contributed by atoms with Crippen molar-refractivity contribution in [1.29, 1.82) is 0 Å². The van der Waals surface area contributed by atoms with Gasteiger partial charge in [-0.05, 0) is 5.56 Å². The number of hydrogen-bond acceptors (Lipinski definition) is 2. The largest absolute Gasteiger partial charge is 0.457 e. The molecule has 0 spiro atoms. The zero-order valence-corrected chi connectivity index (χ0v) is 6.12. The summed E-state index contributed by atoms with van der Waals surface area (Å²) in [6.45, 7) is 1.80. The average Bonchev–Trinajstić information content (AvgIpc) is 2.07. The van der Waals surface area contributed by atoms with E-state index in [4.69, 9.17) is 0 Å². The molecule has 1 radical (unpaired) electrons. The molecule has 57 valence electrons. The number of ether oxygens (including phenoxy) is 1. The van der Waals surface area contributed by atoms with E-state index in [0.717, 1.165) is 6.42 Å². The smallest absolute Gasteiger partial charge is 0.417 e. The summed E-state index contributed by atoms with van der Waals surface area (Å²) in [7, 11) is 0. The van der Waals surface area contributed by atoms with Gasteiger partial charge < -0.3 is 4.74 Å². The SMILES string of the molecule is O=[C]OCCc1ccccc1. The third-order valence-corrected chi connectivity index (χ3v) is 1.39. The van der Waals surface area contributed by atoms with E-state index in [-0.39, 0.29) is 0 Å². The third-order valence-electron chi connectivity index (χ3n) is 1.39. The van der Waals surface area contributed by atoms with Crippen molar-refractivity contribution in [3.63, 3.8) is 0 Å². The Labute approximate surface area is 65.8 Å². The molecule has 0 saturated heterocycles. The molecule has 0 aliphatic heterocycles. The lowest BCUT2D eigenvalue weighted by Gasteiger charge is -1.97. The normalized spacial score (nSPS) is 9.09. The predicted molar refractivity (Wildman–Crippen MR) is 41.8 cm³/mol. The molecular weight excluding hydrogens is 140 g/mol. The molecule has 0 aliphatic rings. The first kappa shape index (κ1) is 7.79. The van der Waals surface area contributed by atoms with Crippen LogP contribution in [0.3, 0.4) is 0 Å². The van der Waals surface area contributed by atoms with Gasteiger partial charge >= 0.3 is 6.47 Å². The number of carbonyl (C=O) groups excluding carboxylic acids is 1. The van der Waals surface area contributed by atoms with Gasteiger partial charge in [0.05, 0.1) is 6.61 Å². The van der Waals surface area contributed by atoms with Crippen molar-refractivity contribution < 1.29 is 9.53 Å². The lowest BCUT2D eigenvalue weighted by molar-refractivity contribution is 0.282. The summed E-state index contributed by atoms with van der Waals surface area (Å²) in [6.07, 6.45) is 0.760. The Hall–Kier alpha value is -1.31. The average molecular weight is 149 g/mol. The van der Waals surface area contributed by atoms with Gasteiger partial charge in [-0.2, -0.15) is 0 Å². The second kappa shape index (κ2) is 4.50. The Kier molecular flexibility index (Phi) is 3.19. The molecule has 0 unspecified atom stereocenters. The summed E-state index contributed by atoms with van der Waals surface area (Å²) in [4.78, 5) is 9.65. The van der Waals surface area contributed by atoms with Crippen molar-refractivity contribution in [2.24, 2.45) is 0 Å². The quantitative estimate of drug-likeness (QED) is 0.603. The Morgan fingerprint density at radius 1 is 1.27 bits per heavy atom. The molecule has 0 N–H and O–H groups in total. The molecule has 1 aromatic carbocycles. The van der Waals surface area contributed by atoms with Gasteiger partial charge in [-0.15, -0.1) is 0 Å². The summed E-state index contributed by atoms with van der Waals surface area (Å²) < 4.78 is 4.43. The summed E-state index contributed by atoms with van der Waals surface area (Å²) in [5, 5.41) is 0. The van der Waals surface area contributed by atoms with Crippen LogP contribution in [-0.4, -0.2) is 13.1 Å². The maximum Gasteiger partial charge on any atom is 0.417 e. The molecular formula is C9H9O2. The first-order valence-electron chi connectivity index (χ1n) is 3.46. The monoisotopic (exact) mass is 149 g/mol. The zero-order chi connectivity index (χ0) is 7.94. The van der Waals surface area contributed by atoms with Crippen LogP contribution in [0.25, 0.3) is 0 Å². The fourth-order valence-electron chi connectivity index (χ4n) is 0.855. The number of benzene rings is 1. The van der Waals surface area contributed by atoms with Crippen molar-refractivity contribution in [2.45, 2.75) is 6.42 Å². The van der Waals surface area contributed by atoms with E-state index in [9.17, 15) is 4.79 Å². The standard InChI is InChI=1S/C9H9O2/c10-8-11-7-6-9-4-2-1-3-5-9/h1-5H,6-7H2. The summed E-state index contributed by atoms with van der Waals surface area (Å²) in [6, 6.07) is 9.86. The lowest BCUT2D eigenvalue weighted by atomic mass is 10.2. The van der Waals surface area contributed by atoms with Gasteiger partial charge in [0.1, 0.15) is 0 Å². The van der Waals surface area contributed by atoms with E-state index in [1.165, 1.54) is 12.0 Å². The first-order chi connectivity index (χ1) is 5.43. The second-order valence-corrected chi connectivity index (χ2v) is 2.17. The van der Waals surface area contributed by atoms with Crippen LogP contribution in [0.5, 0.6) is 0 Å². The van der Waals surface area contributed by atoms with Gasteiger partial charge in [-0.1, -0.05) is 30.3 Å². The Balaban J connectivity index is 2.33. The van der Waals surface area contributed by atoms with Gasteiger partial charge in [0.2, 0.25) is 0 Å². The van der Waals surface area contributed by atoms with Crippen molar-refractivity contribution >= 4 is 6.47 Å². The van der Waals surface area contributed by atoms with E-state index in [1.807, 2.05) is 30.3 Å². The molecule has 0 fully saturated rings. The fraction of sp³-hybridized carbons (Fsp3) is 0.222. The molecule has 0 aromatic heterocycles. The van der Waals surface area contributed by atoms with E-state index in [2.05, 4.69) is 4.74 Å². The highest BCUT2D eigenvalue weighted by molar-refractivity contribution is 5.38. The Morgan fingerprint density at radius 3 is 2.64 bits per heavy atom. The van der Waals surface area contributed by atoms with Gasteiger partial charge in [-0.3, -0.25) is 0 Å². The van der Waals surface area contributed by atoms with Crippen LogP contribution in [0.15, 0.2) is 30.3 Å². The molecule has 2 nitrogen and oxygen atoms in total. The van der Waals surface area contributed by atoms with Gasteiger partial charge in [0.15, 0.2) is 0 Å². The molecule has 0 heterocycles. The van der Waals surface area contributed by atoms with Crippen LogP contribution in [0.1, 0.15) is 5.56 Å². The zero-order valence-electron chi connectivity index (χ0n) is 6.12. The molecule has 11 heavy (non-hydrogen) atoms. The van der Waals surface area contributed by atoms with Crippen LogP contribution >= 0.6 is 0 Å². The van der Waals surface area contributed by atoms with Crippen LogP contribution in [0.4, 0.5) is 0 Å². The minimum atomic E-state index is 0.410. The van der Waals surface area contributed by atoms with Crippen LogP contribution in [0, 0.1) is 0 Å². The van der Waals surface area contributed by atoms with E-state index in [1.54, 1.807) is 0 Å². The highest BCUT2D eigenvalue weighted by Crippen LogP contribution is 1.98. The second-order valence-electron chi connectivity index (χ2n) is 2.17. The van der Waals surface area contributed by atoms with E-state index >= 15 is 0 Å². The number of hydrogen-bond donors (Lipinski definition) is 0. The summed E-state index contributed by atoms with van der Waals surface area (Å²) in [5.41, 5.74) is 1.17. The van der Waals surface area contributed by atoms with Gasteiger partial charge in [0.25, 0.3) is 0 Å². The van der Waals surface area contributed by atoms with Crippen LogP contribution < -0.4 is 0 Å². The highest BCUT2D eigenvalue weighted by Gasteiger charge is 1.89. The van der Waals surface area contributed by atoms with Crippen molar-refractivity contribution in [1.82, 2.24) is 0 Å². The van der Waals surface area contributed by atoms with Crippen LogP contribution in [0.2, 0.25) is 0 Å². The number of rotatable bonds is 4. The van der Waals surface area contributed by atoms with Gasteiger partial charge in [-0.25, -0.2) is 4.79 Å². The minimum absolute atomic E-state index is 0.410. The van der Waals surface area contributed by atoms with E-state index in [0.29, 0.717) is 6.61 Å². The maximum atomic E-state index is 9.65. The lowest BCUT2D eigenvalue weighted by Crippen LogP contribution is -1.95. The molecule has 0 bridgehead atoms.